The van der Waals surface area contributed by atoms with Crippen LogP contribution in [0.15, 0.2) is 36.7 Å². The molecule has 0 amide bonds. The Morgan fingerprint density at radius 2 is 2.37 bits per heavy atom. The van der Waals surface area contributed by atoms with Gasteiger partial charge in [0.2, 0.25) is 0 Å². The van der Waals surface area contributed by atoms with Crippen molar-refractivity contribution >= 4 is 10.8 Å². The topological polar surface area (TPSA) is 34.1 Å². The van der Waals surface area contributed by atoms with Crippen molar-refractivity contribution in [2.45, 2.75) is 18.9 Å². The van der Waals surface area contributed by atoms with E-state index in [9.17, 15) is 0 Å². The number of hydrogen-bond acceptors (Lipinski definition) is 3. The van der Waals surface area contributed by atoms with Crippen LogP contribution in [0, 0.1) is 5.92 Å². The van der Waals surface area contributed by atoms with Gasteiger partial charge in [-0.3, -0.25) is 4.98 Å². The molecule has 0 radical (unpaired) electrons. The van der Waals surface area contributed by atoms with Gasteiger partial charge in [-0.2, -0.15) is 0 Å². The molecular formula is C16H20N2O. The zero-order chi connectivity index (χ0) is 13.1. The van der Waals surface area contributed by atoms with E-state index in [1.807, 2.05) is 19.4 Å². The zero-order valence-electron chi connectivity index (χ0n) is 11.3. The zero-order valence-corrected chi connectivity index (χ0v) is 11.3. The highest BCUT2D eigenvalue weighted by atomic mass is 16.5. The largest absolute Gasteiger partial charge is 0.381 e. The number of nitrogens with zero attached hydrogens (tertiary/aromatic N) is 1. The molecule has 1 aliphatic rings. The van der Waals surface area contributed by atoms with Crippen LogP contribution < -0.4 is 5.32 Å². The van der Waals surface area contributed by atoms with Crippen LogP contribution in [0.3, 0.4) is 0 Å². The Morgan fingerprint density at radius 1 is 1.42 bits per heavy atom. The fourth-order valence-electron chi connectivity index (χ4n) is 2.94. The summed E-state index contributed by atoms with van der Waals surface area (Å²) < 4.78 is 5.49. The van der Waals surface area contributed by atoms with Gasteiger partial charge in [0.1, 0.15) is 0 Å². The molecule has 3 rings (SSSR count). The summed E-state index contributed by atoms with van der Waals surface area (Å²) in [5, 5.41) is 5.97. The van der Waals surface area contributed by atoms with Crippen LogP contribution in [-0.2, 0) is 4.74 Å². The molecule has 2 unspecified atom stereocenters. The maximum Gasteiger partial charge on any atom is 0.0495 e. The Balaban J connectivity index is 1.91. The van der Waals surface area contributed by atoms with Gasteiger partial charge >= 0.3 is 0 Å². The van der Waals surface area contributed by atoms with E-state index in [2.05, 4.69) is 34.6 Å². The van der Waals surface area contributed by atoms with Crippen LogP contribution in [0.1, 0.15) is 24.4 Å². The second-order valence-electron chi connectivity index (χ2n) is 5.25. The van der Waals surface area contributed by atoms with Crippen LogP contribution in [-0.4, -0.2) is 25.2 Å². The lowest BCUT2D eigenvalue weighted by Gasteiger charge is -2.21. The number of hydrogen-bond donors (Lipinski definition) is 1. The average Bonchev–Trinajstić information content (AvgIpc) is 2.97. The van der Waals surface area contributed by atoms with E-state index in [0.29, 0.717) is 12.0 Å². The monoisotopic (exact) mass is 256 g/mol. The summed E-state index contributed by atoms with van der Waals surface area (Å²) in [6.07, 6.45) is 6.14. The molecule has 3 nitrogen and oxygen atoms in total. The normalized spacial score (nSPS) is 20.8. The highest BCUT2D eigenvalue weighted by Crippen LogP contribution is 2.30. The second kappa shape index (κ2) is 5.68. The summed E-state index contributed by atoms with van der Waals surface area (Å²) >= 11 is 0. The number of rotatable bonds is 4. The maximum absolute atomic E-state index is 5.49. The number of pyridine rings is 1. The van der Waals surface area contributed by atoms with Gasteiger partial charge in [0, 0.05) is 37.0 Å². The molecule has 1 fully saturated rings. The molecule has 1 aromatic carbocycles. The van der Waals surface area contributed by atoms with E-state index in [1.54, 1.807) is 0 Å². The third kappa shape index (κ3) is 2.62. The van der Waals surface area contributed by atoms with Crippen LogP contribution >= 0.6 is 0 Å². The molecular weight excluding hydrogens is 236 g/mol. The second-order valence-corrected chi connectivity index (χ2v) is 5.25. The molecule has 19 heavy (non-hydrogen) atoms. The maximum atomic E-state index is 5.49. The van der Waals surface area contributed by atoms with E-state index in [0.717, 1.165) is 19.6 Å². The van der Waals surface area contributed by atoms with Gasteiger partial charge in [-0.15, -0.1) is 0 Å². The summed E-state index contributed by atoms with van der Waals surface area (Å²) in [6, 6.07) is 8.93. The molecule has 3 heteroatoms. The molecule has 0 saturated carbocycles. The lowest BCUT2D eigenvalue weighted by Crippen LogP contribution is -2.20. The lowest BCUT2D eigenvalue weighted by molar-refractivity contribution is 0.182. The van der Waals surface area contributed by atoms with Crippen LogP contribution in [0.2, 0.25) is 0 Å². The number of nitrogens with one attached hydrogen (secondary N) is 1. The lowest BCUT2D eigenvalue weighted by atomic mass is 9.92. The van der Waals surface area contributed by atoms with Crippen LogP contribution in [0.4, 0.5) is 0 Å². The first-order chi connectivity index (χ1) is 9.38. The Morgan fingerprint density at radius 3 is 3.16 bits per heavy atom. The summed E-state index contributed by atoms with van der Waals surface area (Å²) in [5.74, 6) is 0.671. The molecule has 0 bridgehead atoms. The van der Waals surface area contributed by atoms with Crippen LogP contribution in [0.5, 0.6) is 0 Å². The summed E-state index contributed by atoms with van der Waals surface area (Å²) in [5.41, 5.74) is 1.35. The van der Waals surface area contributed by atoms with Crippen molar-refractivity contribution in [2.75, 3.05) is 20.3 Å². The first kappa shape index (κ1) is 12.6. The smallest absolute Gasteiger partial charge is 0.0495 e. The van der Waals surface area contributed by atoms with Gasteiger partial charge in [0.05, 0.1) is 0 Å². The number of fused-ring (bicyclic) bond motifs is 1. The van der Waals surface area contributed by atoms with Gasteiger partial charge in [-0.1, -0.05) is 18.2 Å². The van der Waals surface area contributed by atoms with E-state index < -0.39 is 0 Å². The van der Waals surface area contributed by atoms with Gasteiger partial charge in [0.25, 0.3) is 0 Å². The van der Waals surface area contributed by atoms with E-state index in [1.165, 1.54) is 22.8 Å². The SMILES string of the molecule is CNC(CC1CCOC1)c1cccc2ccncc12. The minimum Gasteiger partial charge on any atom is -0.381 e. The first-order valence-electron chi connectivity index (χ1n) is 6.96. The highest BCUT2D eigenvalue weighted by Gasteiger charge is 2.21. The fourth-order valence-corrected chi connectivity index (χ4v) is 2.94. The summed E-state index contributed by atoms with van der Waals surface area (Å²) in [4.78, 5) is 4.27. The van der Waals surface area contributed by atoms with Crippen molar-refractivity contribution in [3.8, 4) is 0 Å². The number of benzene rings is 1. The Labute approximate surface area is 114 Å². The third-order valence-electron chi connectivity index (χ3n) is 4.03. The standard InChI is InChI=1S/C16H20N2O/c1-17-16(9-12-6-8-19-11-12)14-4-2-3-13-5-7-18-10-15(13)14/h2-5,7,10,12,16-17H,6,8-9,11H2,1H3. The Bertz CT molecular complexity index is 544. The van der Waals surface area contributed by atoms with Gasteiger partial charge < -0.3 is 10.1 Å². The van der Waals surface area contributed by atoms with E-state index >= 15 is 0 Å². The molecule has 2 heterocycles. The van der Waals surface area contributed by atoms with Crippen molar-refractivity contribution in [3.05, 3.63) is 42.2 Å². The first-order valence-corrected chi connectivity index (χ1v) is 6.96. The van der Waals surface area contributed by atoms with Crippen molar-refractivity contribution in [2.24, 2.45) is 5.92 Å². The predicted octanol–water partition coefficient (Wildman–Crippen LogP) is 2.92. The Hall–Kier alpha value is -1.45. The molecule has 2 aromatic rings. The van der Waals surface area contributed by atoms with Gasteiger partial charge in [-0.05, 0) is 42.8 Å². The number of aromatic nitrogens is 1. The third-order valence-corrected chi connectivity index (χ3v) is 4.03. The van der Waals surface area contributed by atoms with E-state index in [-0.39, 0.29) is 0 Å². The fraction of sp³-hybridized carbons (Fsp3) is 0.438. The van der Waals surface area contributed by atoms with E-state index in [4.69, 9.17) is 4.74 Å². The predicted molar refractivity (Wildman–Crippen MR) is 77.1 cm³/mol. The van der Waals surface area contributed by atoms with Crippen molar-refractivity contribution in [1.29, 1.82) is 0 Å². The molecule has 0 aliphatic carbocycles. The quantitative estimate of drug-likeness (QED) is 0.913. The molecule has 1 N–H and O–H groups in total. The van der Waals surface area contributed by atoms with Gasteiger partial charge in [-0.25, -0.2) is 0 Å². The highest BCUT2D eigenvalue weighted by molar-refractivity contribution is 5.85. The number of ether oxygens (including phenoxy) is 1. The molecule has 1 aromatic heterocycles. The minimum atomic E-state index is 0.375. The van der Waals surface area contributed by atoms with Crippen LogP contribution in [0.25, 0.3) is 10.8 Å². The Kier molecular flexibility index (Phi) is 3.76. The van der Waals surface area contributed by atoms with Crippen molar-refractivity contribution < 1.29 is 4.74 Å². The summed E-state index contributed by atoms with van der Waals surface area (Å²) in [7, 11) is 2.04. The van der Waals surface area contributed by atoms with Crippen molar-refractivity contribution in [1.82, 2.24) is 10.3 Å². The molecule has 2 atom stereocenters. The average molecular weight is 256 g/mol. The summed E-state index contributed by atoms with van der Waals surface area (Å²) in [6.45, 7) is 1.82. The molecule has 1 saturated heterocycles. The molecule has 0 spiro atoms. The molecule has 1 aliphatic heterocycles. The van der Waals surface area contributed by atoms with Gasteiger partial charge in [0.15, 0.2) is 0 Å². The molecule has 100 valence electrons. The minimum absolute atomic E-state index is 0.375. The van der Waals surface area contributed by atoms with Crippen molar-refractivity contribution in [3.63, 3.8) is 0 Å².